The maximum absolute atomic E-state index is 11.7. The van der Waals surface area contributed by atoms with Gasteiger partial charge >= 0.3 is 5.97 Å². The molecule has 0 aromatic rings. The first kappa shape index (κ1) is 10.5. The average molecular weight is 227 g/mol. The molecular formula is C11H17NO4. The summed E-state index contributed by atoms with van der Waals surface area (Å²) in [6.07, 6.45) is 0. The predicted octanol–water partition coefficient (Wildman–Crippen LogP) is -0.590. The molecule has 5 heteroatoms. The highest BCUT2D eigenvalue weighted by atomic mass is 16.6. The molecule has 3 fully saturated rings. The van der Waals surface area contributed by atoms with Crippen molar-refractivity contribution in [2.24, 2.45) is 17.3 Å². The van der Waals surface area contributed by atoms with Crippen LogP contribution in [-0.2, 0) is 19.0 Å². The third-order valence-corrected chi connectivity index (χ3v) is 3.82. The van der Waals surface area contributed by atoms with Crippen LogP contribution in [0, 0.1) is 17.3 Å². The van der Waals surface area contributed by atoms with Crippen molar-refractivity contribution in [3.8, 4) is 0 Å². The van der Waals surface area contributed by atoms with E-state index in [2.05, 4.69) is 5.32 Å². The number of esters is 1. The number of hydrogen-bond acceptors (Lipinski definition) is 5. The first-order valence-electron chi connectivity index (χ1n) is 5.72. The maximum atomic E-state index is 11.7. The highest BCUT2D eigenvalue weighted by Gasteiger charge is 2.61. The van der Waals surface area contributed by atoms with Gasteiger partial charge in [0.15, 0.2) is 0 Å². The van der Waals surface area contributed by atoms with Crippen molar-refractivity contribution in [3.63, 3.8) is 0 Å². The second kappa shape index (κ2) is 3.68. The summed E-state index contributed by atoms with van der Waals surface area (Å²) in [5.41, 5.74) is -0.0915. The minimum atomic E-state index is -0.0915. The lowest BCUT2D eigenvalue weighted by Crippen LogP contribution is -2.50. The molecule has 0 amide bonds. The van der Waals surface area contributed by atoms with E-state index < -0.39 is 0 Å². The van der Waals surface area contributed by atoms with Crippen LogP contribution in [-0.4, -0.2) is 52.1 Å². The minimum Gasteiger partial charge on any atom is -0.465 e. The maximum Gasteiger partial charge on any atom is 0.310 e. The molecule has 16 heavy (non-hydrogen) atoms. The Bertz CT molecular complexity index is 292. The van der Waals surface area contributed by atoms with E-state index >= 15 is 0 Å². The molecule has 3 unspecified atom stereocenters. The first-order valence-corrected chi connectivity index (χ1v) is 5.72. The number of fused-ring (bicyclic) bond motifs is 1. The molecule has 0 aromatic carbocycles. The number of methoxy groups -OCH3 is 1. The average Bonchev–Trinajstić information content (AvgIpc) is 2.71. The Hall–Kier alpha value is -0.650. The third-order valence-electron chi connectivity index (χ3n) is 3.82. The number of ether oxygens (including phenoxy) is 3. The van der Waals surface area contributed by atoms with Gasteiger partial charge in [0.25, 0.3) is 0 Å². The van der Waals surface area contributed by atoms with Gasteiger partial charge in [-0.3, -0.25) is 4.79 Å². The second-order valence-corrected chi connectivity index (χ2v) is 5.16. The van der Waals surface area contributed by atoms with Crippen molar-refractivity contribution in [3.05, 3.63) is 0 Å². The quantitative estimate of drug-likeness (QED) is 0.636. The minimum absolute atomic E-state index is 0.0534. The van der Waals surface area contributed by atoms with Gasteiger partial charge in [-0.25, -0.2) is 0 Å². The zero-order valence-electron chi connectivity index (χ0n) is 9.40. The van der Waals surface area contributed by atoms with Crippen molar-refractivity contribution < 1.29 is 19.0 Å². The molecule has 2 saturated heterocycles. The lowest BCUT2D eigenvalue weighted by Gasteiger charge is -2.39. The summed E-state index contributed by atoms with van der Waals surface area (Å²) in [6.45, 7) is 3.25. The lowest BCUT2D eigenvalue weighted by molar-refractivity contribution is -0.183. The van der Waals surface area contributed by atoms with E-state index in [0.717, 1.165) is 6.54 Å². The summed E-state index contributed by atoms with van der Waals surface area (Å²) in [4.78, 5) is 11.7. The van der Waals surface area contributed by atoms with Gasteiger partial charge in [0.05, 0.1) is 31.2 Å². The van der Waals surface area contributed by atoms with Crippen LogP contribution >= 0.6 is 0 Å². The van der Waals surface area contributed by atoms with Crippen LogP contribution in [0.3, 0.4) is 0 Å². The normalized spacial score (nSPS) is 37.9. The summed E-state index contributed by atoms with van der Waals surface area (Å²) < 4.78 is 15.7. The van der Waals surface area contributed by atoms with Gasteiger partial charge in [0.1, 0.15) is 6.61 Å². The SMILES string of the molecule is COCC1(COC(=O)C2C3CNC32)COC1. The Kier molecular flexibility index (Phi) is 2.42. The Morgan fingerprint density at radius 3 is 2.69 bits per heavy atom. The van der Waals surface area contributed by atoms with Crippen molar-refractivity contribution in [2.45, 2.75) is 6.04 Å². The van der Waals surface area contributed by atoms with Gasteiger partial charge in [-0.2, -0.15) is 0 Å². The number of nitrogens with one attached hydrogen (secondary N) is 1. The fraction of sp³-hybridized carbons (Fsp3) is 0.909. The molecule has 1 saturated carbocycles. The smallest absolute Gasteiger partial charge is 0.310 e. The monoisotopic (exact) mass is 227 g/mol. The van der Waals surface area contributed by atoms with Gasteiger partial charge in [-0.15, -0.1) is 0 Å². The van der Waals surface area contributed by atoms with Crippen LogP contribution < -0.4 is 5.32 Å². The molecule has 3 rings (SSSR count). The van der Waals surface area contributed by atoms with Crippen molar-refractivity contribution in [1.82, 2.24) is 5.32 Å². The molecule has 90 valence electrons. The van der Waals surface area contributed by atoms with Gasteiger partial charge in [-0.05, 0) is 0 Å². The summed E-state index contributed by atoms with van der Waals surface area (Å²) in [5.74, 6) is 0.603. The van der Waals surface area contributed by atoms with E-state index in [-0.39, 0.29) is 17.3 Å². The lowest BCUT2D eigenvalue weighted by atomic mass is 9.88. The molecular weight excluding hydrogens is 210 g/mol. The van der Waals surface area contributed by atoms with Crippen LogP contribution in [0.1, 0.15) is 0 Å². The number of carbonyl (C=O) groups is 1. The Morgan fingerprint density at radius 2 is 2.25 bits per heavy atom. The molecule has 3 atom stereocenters. The zero-order valence-corrected chi connectivity index (χ0v) is 9.40. The zero-order chi connectivity index (χ0) is 11.2. The summed E-state index contributed by atoms with van der Waals surface area (Å²) in [6, 6.07) is 0.406. The molecule has 1 aliphatic carbocycles. The largest absolute Gasteiger partial charge is 0.465 e. The molecule has 3 aliphatic rings. The summed E-state index contributed by atoms with van der Waals surface area (Å²) >= 11 is 0. The summed E-state index contributed by atoms with van der Waals surface area (Å²) in [5, 5.41) is 3.21. The van der Waals surface area contributed by atoms with Gasteiger partial charge < -0.3 is 19.5 Å². The summed E-state index contributed by atoms with van der Waals surface area (Å²) in [7, 11) is 1.66. The third kappa shape index (κ3) is 1.54. The van der Waals surface area contributed by atoms with E-state index in [1.165, 1.54) is 0 Å². The predicted molar refractivity (Wildman–Crippen MR) is 54.9 cm³/mol. The van der Waals surface area contributed by atoms with Crippen molar-refractivity contribution >= 4 is 5.97 Å². The molecule has 1 N–H and O–H groups in total. The number of carbonyl (C=O) groups excluding carboxylic acids is 1. The van der Waals surface area contributed by atoms with E-state index in [1.54, 1.807) is 7.11 Å². The van der Waals surface area contributed by atoms with Crippen LogP contribution in [0.5, 0.6) is 0 Å². The van der Waals surface area contributed by atoms with Crippen LogP contribution in [0.4, 0.5) is 0 Å². The van der Waals surface area contributed by atoms with Crippen molar-refractivity contribution in [2.75, 3.05) is 40.1 Å². The molecule has 0 radical (unpaired) electrons. The second-order valence-electron chi connectivity index (χ2n) is 5.16. The fourth-order valence-electron chi connectivity index (χ4n) is 2.56. The Balaban J connectivity index is 1.46. The van der Waals surface area contributed by atoms with Gasteiger partial charge in [0, 0.05) is 25.6 Å². The van der Waals surface area contributed by atoms with Crippen molar-refractivity contribution in [1.29, 1.82) is 0 Å². The fourth-order valence-corrected chi connectivity index (χ4v) is 2.56. The van der Waals surface area contributed by atoms with Gasteiger partial charge in [-0.1, -0.05) is 0 Å². The number of hydrogen-bond donors (Lipinski definition) is 1. The highest BCUT2D eigenvalue weighted by molar-refractivity contribution is 5.78. The molecule has 0 aromatic heterocycles. The Labute approximate surface area is 94.4 Å². The molecule has 2 aliphatic heterocycles. The highest BCUT2D eigenvalue weighted by Crippen LogP contribution is 2.46. The van der Waals surface area contributed by atoms with E-state index in [4.69, 9.17) is 14.2 Å². The standard InChI is InChI=1S/C11H17NO4/c1-14-3-11(4-15-5-11)6-16-10(13)8-7-2-12-9(7)8/h7-9,12H,2-6H2,1H3. The number of rotatable bonds is 5. The topological polar surface area (TPSA) is 56.8 Å². The first-order chi connectivity index (χ1) is 7.76. The molecule has 0 spiro atoms. The van der Waals surface area contributed by atoms with E-state index in [9.17, 15) is 4.79 Å². The van der Waals surface area contributed by atoms with E-state index in [1.807, 2.05) is 0 Å². The molecule has 5 nitrogen and oxygen atoms in total. The van der Waals surface area contributed by atoms with E-state index in [0.29, 0.717) is 38.4 Å². The Morgan fingerprint density at radius 1 is 1.50 bits per heavy atom. The van der Waals surface area contributed by atoms with Crippen LogP contribution in [0.15, 0.2) is 0 Å². The molecule has 2 heterocycles. The molecule has 0 bridgehead atoms. The van der Waals surface area contributed by atoms with Crippen LogP contribution in [0.25, 0.3) is 0 Å². The van der Waals surface area contributed by atoms with Gasteiger partial charge in [0.2, 0.25) is 0 Å². The van der Waals surface area contributed by atoms with Crippen LogP contribution in [0.2, 0.25) is 0 Å².